The summed E-state index contributed by atoms with van der Waals surface area (Å²) in [6.45, 7) is 4.29. The number of phenols is 1. The molecule has 6 heteroatoms. The van der Waals surface area contributed by atoms with Gasteiger partial charge in [-0.2, -0.15) is 5.10 Å². The molecule has 0 unspecified atom stereocenters. The number of fused-ring (bicyclic) bond motifs is 1. The summed E-state index contributed by atoms with van der Waals surface area (Å²) in [4.78, 5) is 10.8. The molecule has 1 aromatic carbocycles. The van der Waals surface area contributed by atoms with Crippen molar-refractivity contribution in [1.29, 1.82) is 0 Å². The van der Waals surface area contributed by atoms with E-state index in [9.17, 15) is 9.90 Å². The van der Waals surface area contributed by atoms with Crippen LogP contribution in [0.4, 0.5) is 0 Å². The van der Waals surface area contributed by atoms with Crippen LogP contribution in [-0.2, 0) is 30.6 Å². The predicted molar refractivity (Wildman–Crippen MR) is 91.9 cm³/mol. The molecule has 2 N–H and O–H groups in total. The second-order valence-electron chi connectivity index (χ2n) is 6.37. The Labute approximate surface area is 145 Å². The zero-order valence-corrected chi connectivity index (χ0v) is 14.7. The Balaban J connectivity index is 1.94. The molecule has 0 aliphatic heterocycles. The van der Waals surface area contributed by atoms with Crippen molar-refractivity contribution < 1.29 is 15.0 Å². The van der Waals surface area contributed by atoms with Gasteiger partial charge in [0.25, 0.3) is 0 Å². The smallest absolute Gasteiger partial charge is 0.305 e. The van der Waals surface area contributed by atoms with Crippen LogP contribution in [0.25, 0.3) is 0 Å². The van der Waals surface area contributed by atoms with E-state index in [0.717, 1.165) is 47.3 Å². The SMILES string of the molecule is Cc1nn(CCC(=O)O)c(C)c1Cc1cc(Cl)c(O)c2c1CCC2. The normalized spacial score (nSPS) is 13.3. The number of aryl methyl sites for hydroxylation is 2. The molecule has 3 rings (SSSR count). The molecule has 0 radical (unpaired) electrons. The van der Waals surface area contributed by atoms with Gasteiger partial charge in [0.2, 0.25) is 0 Å². The number of phenolic OH excluding ortho intramolecular Hbond substituents is 1. The van der Waals surface area contributed by atoms with Crippen molar-refractivity contribution in [2.45, 2.75) is 52.5 Å². The van der Waals surface area contributed by atoms with Gasteiger partial charge >= 0.3 is 5.97 Å². The number of aliphatic carboxylic acids is 1. The number of aromatic hydroxyl groups is 1. The van der Waals surface area contributed by atoms with Crippen LogP contribution in [0.5, 0.6) is 5.75 Å². The van der Waals surface area contributed by atoms with Crippen LogP contribution in [0.1, 0.15) is 46.5 Å². The van der Waals surface area contributed by atoms with E-state index in [1.807, 2.05) is 19.9 Å². The number of hydrogen-bond donors (Lipinski definition) is 2. The molecule has 0 saturated heterocycles. The van der Waals surface area contributed by atoms with Gasteiger partial charge in [-0.3, -0.25) is 9.48 Å². The molecule has 1 aromatic heterocycles. The number of benzene rings is 1. The van der Waals surface area contributed by atoms with E-state index >= 15 is 0 Å². The van der Waals surface area contributed by atoms with E-state index in [0.29, 0.717) is 18.0 Å². The Kier molecular flexibility index (Phi) is 4.54. The highest BCUT2D eigenvalue weighted by Crippen LogP contribution is 2.39. The molecule has 128 valence electrons. The topological polar surface area (TPSA) is 75.4 Å². The molecule has 0 spiro atoms. The van der Waals surface area contributed by atoms with Crippen molar-refractivity contribution >= 4 is 17.6 Å². The third-order valence-corrected chi connectivity index (χ3v) is 5.14. The maximum Gasteiger partial charge on any atom is 0.305 e. The van der Waals surface area contributed by atoms with Crippen LogP contribution in [0.2, 0.25) is 5.02 Å². The van der Waals surface area contributed by atoms with Gasteiger partial charge in [0.05, 0.1) is 23.7 Å². The van der Waals surface area contributed by atoms with Crippen molar-refractivity contribution in [3.63, 3.8) is 0 Å². The highest BCUT2D eigenvalue weighted by Gasteiger charge is 2.23. The Morgan fingerprint density at radius 1 is 1.33 bits per heavy atom. The Hall–Kier alpha value is -2.01. The molecule has 1 heterocycles. The van der Waals surface area contributed by atoms with Crippen LogP contribution in [0, 0.1) is 13.8 Å². The minimum absolute atomic E-state index is 0.0574. The van der Waals surface area contributed by atoms with Crippen LogP contribution in [0.3, 0.4) is 0 Å². The summed E-state index contributed by atoms with van der Waals surface area (Å²) in [5, 5.41) is 23.9. The highest BCUT2D eigenvalue weighted by molar-refractivity contribution is 6.32. The van der Waals surface area contributed by atoms with Crippen molar-refractivity contribution in [2.75, 3.05) is 0 Å². The number of carboxylic acids is 1. The van der Waals surface area contributed by atoms with Gasteiger partial charge in [-0.05, 0) is 55.9 Å². The Morgan fingerprint density at radius 2 is 2.04 bits per heavy atom. The van der Waals surface area contributed by atoms with Crippen LogP contribution in [0.15, 0.2) is 6.07 Å². The Bertz CT molecular complexity index is 811. The number of carboxylic acid groups (broad SMARTS) is 1. The van der Waals surface area contributed by atoms with E-state index < -0.39 is 5.97 Å². The van der Waals surface area contributed by atoms with E-state index in [-0.39, 0.29) is 12.2 Å². The maximum absolute atomic E-state index is 10.8. The molecule has 1 aliphatic carbocycles. The number of hydrogen-bond acceptors (Lipinski definition) is 3. The summed E-state index contributed by atoms with van der Waals surface area (Å²) in [5.74, 6) is -0.606. The monoisotopic (exact) mass is 348 g/mol. The summed E-state index contributed by atoms with van der Waals surface area (Å²) in [7, 11) is 0. The van der Waals surface area contributed by atoms with Gasteiger partial charge in [-0.15, -0.1) is 0 Å². The van der Waals surface area contributed by atoms with E-state index in [1.54, 1.807) is 4.68 Å². The molecule has 0 atom stereocenters. The second kappa shape index (κ2) is 6.48. The molecule has 24 heavy (non-hydrogen) atoms. The van der Waals surface area contributed by atoms with E-state index in [4.69, 9.17) is 16.7 Å². The molecule has 0 fully saturated rings. The third-order valence-electron chi connectivity index (χ3n) is 4.85. The van der Waals surface area contributed by atoms with E-state index in [1.165, 1.54) is 5.56 Å². The van der Waals surface area contributed by atoms with Crippen molar-refractivity contribution in [3.05, 3.63) is 44.7 Å². The Morgan fingerprint density at radius 3 is 2.75 bits per heavy atom. The summed E-state index contributed by atoms with van der Waals surface area (Å²) < 4.78 is 1.76. The van der Waals surface area contributed by atoms with Crippen LogP contribution < -0.4 is 0 Å². The molecule has 5 nitrogen and oxygen atoms in total. The minimum atomic E-state index is -0.827. The van der Waals surface area contributed by atoms with Crippen molar-refractivity contribution in [3.8, 4) is 5.75 Å². The third kappa shape index (κ3) is 3.00. The number of carbonyl (C=O) groups is 1. The standard InChI is InChI=1S/C18H21ClN2O3/c1-10-15(11(2)21(20-10)7-6-17(22)23)8-12-9-16(19)18(24)14-5-3-4-13(12)14/h9,24H,3-8H2,1-2H3,(H,22,23). The van der Waals surface area contributed by atoms with Gasteiger partial charge in [-0.25, -0.2) is 0 Å². The first-order valence-electron chi connectivity index (χ1n) is 8.15. The van der Waals surface area contributed by atoms with Gasteiger partial charge in [0.1, 0.15) is 5.75 Å². The molecule has 0 saturated carbocycles. The average Bonchev–Trinajstić information content (AvgIpc) is 3.11. The molecular weight excluding hydrogens is 328 g/mol. The van der Waals surface area contributed by atoms with Crippen LogP contribution >= 0.6 is 11.6 Å². The summed E-state index contributed by atoms with van der Waals surface area (Å²) in [5.41, 5.74) is 6.32. The van der Waals surface area contributed by atoms with Gasteiger partial charge < -0.3 is 10.2 Å². The molecule has 2 aromatic rings. The minimum Gasteiger partial charge on any atom is -0.506 e. The highest BCUT2D eigenvalue weighted by atomic mass is 35.5. The second-order valence-corrected chi connectivity index (χ2v) is 6.78. The van der Waals surface area contributed by atoms with Crippen LogP contribution in [-0.4, -0.2) is 26.0 Å². The molecule has 0 bridgehead atoms. The predicted octanol–water partition coefficient (Wildman–Crippen LogP) is 3.41. The molecule has 0 amide bonds. The van der Waals surface area contributed by atoms with Gasteiger partial charge in [-0.1, -0.05) is 11.6 Å². The quantitative estimate of drug-likeness (QED) is 0.868. The number of nitrogens with zero attached hydrogens (tertiary/aromatic N) is 2. The lowest BCUT2D eigenvalue weighted by Gasteiger charge is -2.12. The summed E-state index contributed by atoms with van der Waals surface area (Å²) in [6.07, 6.45) is 3.62. The van der Waals surface area contributed by atoms with Gasteiger partial charge in [0.15, 0.2) is 0 Å². The fraction of sp³-hybridized carbons (Fsp3) is 0.444. The number of aromatic nitrogens is 2. The van der Waals surface area contributed by atoms with Gasteiger partial charge in [0, 0.05) is 17.7 Å². The van der Waals surface area contributed by atoms with Crippen molar-refractivity contribution in [1.82, 2.24) is 9.78 Å². The van der Waals surface area contributed by atoms with Crippen molar-refractivity contribution in [2.24, 2.45) is 0 Å². The average molecular weight is 349 g/mol. The first-order chi connectivity index (χ1) is 11.4. The number of rotatable bonds is 5. The summed E-state index contributed by atoms with van der Waals surface area (Å²) in [6, 6.07) is 1.86. The molecule has 1 aliphatic rings. The fourth-order valence-corrected chi connectivity index (χ4v) is 3.82. The largest absolute Gasteiger partial charge is 0.506 e. The fourth-order valence-electron chi connectivity index (χ4n) is 3.57. The zero-order valence-electron chi connectivity index (χ0n) is 13.9. The van der Waals surface area contributed by atoms with E-state index in [2.05, 4.69) is 5.10 Å². The maximum atomic E-state index is 10.8. The first-order valence-corrected chi connectivity index (χ1v) is 8.53. The molecular formula is C18H21ClN2O3. The number of halogens is 1. The lowest BCUT2D eigenvalue weighted by Crippen LogP contribution is -2.08. The lowest BCUT2D eigenvalue weighted by atomic mass is 9.95. The zero-order chi connectivity index (χ0) is 17.4. The lowest BCUT2D eigenvalue weighted by molar-refractivity contribution is -0.137. The summed E-state index contributed by atoms with van der Waals surface area (Å²) >= 11 is 6.20. The first kappa shape index (κ1) is 16.8.